The molecule has 0 bridgehead atoms. The van der Waals surface area contributed by atoms with Crippen molar-refractivity contribution in [3.63, 3.8) is 0 Å². The number of benzene rings is 1. The normalized spacial score (nSPS) is 18.0. The number of hydrogen-bond donors (Lipinski definition) is 2. The standard InChI is InChI=1S/C15H21FN2O/c1-10(11-5-3-2-4-6-11)18-15(19)13-9-12(16)7-8-14(13)17/h7-11H,2-6,17H2,1H3,(H,18,19). The van der Waals surface area contributed by atoms with Crippen molar-refractivity contribution in [3.05, 3.63) is 29.6 Å². The van der Waals surface area contributed by atoms with Crippen LogP contribution in [0.3, 0.4) is 0 Å². The average molecular weight is 264 g/mol. The van der Waals surface area contributed by atoms with Gasteiger partial charge in [-0.15, -0.1) is 0 Å². The summed E-state index contributed by atoms with van der Waals surface area (Å²) in [6, 6.07) is 3.99. The second-order valence-corrected chi connectivity index (χ2v) is 5.39. The van der Waals surface area contributed by atoms with E-state index in [9.17, 15) is 9.18 Å². The first-order valence-corrected chi connectivity index (χ1v) is 6.94. The molecule has 1 amide bonds. The molecule has 1 aliphatic rings. The first-order chi connectivity index (χ1) is 9.08. The summed E-state index contributed by atoms with van der Waals surface area (Å²) in [5.41, 5.74) is 6.26. The van der Waals surface area contributed by atoms with Crippen LogP contribution < -0.4 is 11.1 Å². The summed E-state index contributed by atoms with van der Waals surface area (Å²) in [6.45, 7) is 2.02. The summed E-state index contributed by atoms with van der Waals surface area (Å²) in [5.74, 6) is -0.202. The van der Waals surface area contributed by atoms with Crippen molar-refractivity contribution >= 4 is 11.6 Å². The Morgan fingerprint density at radius 3 is 2.74 bits per heavy atom. The van der Waals surface area contributed by atoms with Gasteiger partial charge in [-0.25, -0.2) is 4.39 Å². The Morgan fingerprint density at radius 2 is 2.05 bits per heavy atom. The van der Waals surface area contributed by atoms with Gasteiger partial charge in [-0.05, 0) is 43.9 Å². The largest absolute Gasteiger partial charge is 0.398 e. The van der Waals surface area contributed by atoms with E-state index in [1.54, 1.807) is 0 Å². The average Bonchev–Trinajstić information content (AvgIpc) is 2.42. The fraction of sp³-hybridized carbons (Fsp3) is 0.533. The molecular formula is C15H21FN2O. The lowest BCUT2D eigenvalue weighted by Crippen LogP contribution is -2.39. The Morgan fingerprint density at radius 1 is 1.37 bits per heavy atom. The molecule has 1 fully saturated rings. The number of amides is 1. The summed E-state index contributed by atoms with van der Waals surface area (Å²) in [7, 11) is 0. The Hall–Kier alpha value is -1.58. The van der Waals surface area contributed by atoms with Crippen molar-refractivity contribution in [2.45, 2.75) is 45.1 Å². The van der Waals surface area contributed by atoms with Crippen LogP contribution in [0.5, 0.6) is 0 Å². The van der Waals surface area contributed by atoms with E-state index in [-0.39, 0.29) is 17.5 Å². The highest BCUT2D eigenvalue weighted by atomic mass is 19.1. The van der Waals surface area contributed by atoms with Crippen molar-refractivity contribution in [1.29, 1.82) is 0 Å². The van der Waals surface area contributed by atoms with E-state index in [4.69, 9.17) is 5.73 Å². The zero-order chi connectivity index (χ0) is 13.8. The van der Waals surface area contributed by atoms with Crippen LogP contribution in [0.2, 0.25) is 0 Å². The molecule has 0 heterocycles. The smallest absolute Gasteiger partial charge is 0.253 e. The van der Waals surface area contributed by atoms with Crippen molar-refractivity contribution in [3.8, 4) is 0 Å². The molecule has 3 N–H and O–H groups in total. The minimum atomic E-state index is -0.440. The molecule has 0 spiro atoms. The minimum absolute atomic E-state index is 0.107. The maximum Gasteiger partial charge on any atom is 0.253 e. The third kappa shape index (κ3) is 3.46. The number of halogens is 1. The Balaban J connectivity index is 2.01. The molecule has 1 aliphatic carbocycles. The molecule has 1 aromatic rings. The number of carbonyl (C=O) groups excluding carboxylic acids is 1. The van der Waals surface area contributed by atoms with Gasteiger partial charge in [-0.3, -0.25) is 4.79 Å². The molecule has 1 aromatic carbocycles. The van der Waals surface area contributed by atoms with Gasteiger partial charge in [0.2, 0.25) is 0 Å². The maximum atomic E-state index is 13.2. The van der Waals surface area contributed by atoms with Crippen LogP contribution in [0.25, 0.3) is 0 Å². The van der Waals surface area contributed by atoms with Gasteiger partial charge in [-0.1, -0.05) is 19.3 Å². The zero-order valence-electron chi connectivity index (χ0n) is 11.3. The maximum absolute atomic E-state index is 13.2. The predicted molar refractivity (Wildman–Crippen MR) is 74.3 cm³/mol. The molecular weight excluding hydrogens is 243 g/mol. The second-order valence-electron chi connectivity index (χ2n) is 5.39. The van der Waals surface area contributed by atoms with Gasteiger partial charge in [0.15, 0.2) is 0 Å². The minimum Gasteiger partial charge on any atom is -0.398 e. The van der Waals surface area contributed by atoms with E-state index in [1.165, 1.54) is 37.5 Å². The Kier molecular flexibility index (Phi) is 4.40. The fourth-order valence-electron chi connectivity index (χ4n) is 2.76. The highest BCUT2D eigenvalue weighted by molar-refractivity contribution is 5.99. The quantitative estimate of drug-likeness (QED) is 0.824. The molecule has 1 atom stereocenters. The second kappa shape index (κ2) is 6.04. The van der Waals surface area contributed by atoms with E-state index in [1.807, 2.05) is 6.92 Å². The van der Waals surface area contributed by atoms with Gasteiger partial charge < -0.3 is 11.1 Å². The predicted octanol–water partition coefficient (Wildman–Crippen LogP) is 3.11. The monoisotopic (exact) mass is 264 g/mol. The Labute approximate surface area is 113 Å². The van der Waals surface area contributed by atoms with Gasteiger partial charge in [0.05, 0.1) is 5.56 Å². The number of hydrogen-bond acceptors (Lipinski definition) is 2. The van der Waals surface area contributed by atoms with Crippen LogP contribution in [-0.4, -0.2) is 11.9 Å². The van der Waals surface area contributed by atoms with Crippen LogP contribution >= 0.6 is 0 Å². The summed E-state index contributed by atoms with van der Waals surface area (Å²) in [4.78, 5) is 12.1. The molecule has 0 aromatic heterocycles. The molecule has 0 radical (unpaired) electrons. The van der Waals surface area contributed by atoms with Crippen molar-refractivity contribution in [2.24, 2.45) is 5.92 Å². The third-order valence-corrected chi connectivity index (χ3v) is 3.98. The summed E-state index contributed by atoms with van der Waals surface area (Å²) >= 11 is 0. The summed E-state index contributed by atoms with van der Waals surface area (Å²) < 4.78 is 13.2. The molecule has 104 valence electrons. The van der Waals surface area contributed by atoms with Crippen LogP contribution in [0.15, 0.2) is 18.2 Å². The highest BCUT2D eigenvalue weighted by Gasteiger charge is 2.22. The van der Waals surface area contributed by atoms with E-state index in [0.717, 1.165) is 12.8 Å². The molecule has 1 unspecified atom stereocenters. The van der Waals surface area contributed by atoms with Crippen molar-refractivity contribution in [2.75, 3.05) is 5.73 Å². The molecule has 3 nitrogen and oxygen atoms in total. The van der Waals surface area contributed by atoms with Crippen LogP contribution in [0.4, 0.5) is 10.1 Å². The van der Waals surface area contributed by atoms with E-state index in [2.05, 4.69) is 5.32 Å². The van der Waals surface area contributed by atoms with Crippen LogP contribution in [-0.2, 0) is 0 Å². The Bertz CT molecular complexity index is 455. The van der Waals surface area contributed by atoms with Crippen molar-refractivity contribution < 1.29 is 9.18 Å². The highest BCUT2D eigenvalue weighted by Crippen LogP contribution is 2.26. The lowest BCUT2D eigenvalue weighted by Gasteiger charge is -2.28. The van der Waals surface area contributed by atoms with E-state index in [0.29, 0.717) is 11.6 Å². The molecule has 19 heavy (non-hydrogen) atoms. The van der Waals surface area contributed by atoms with Gasteiger partial charge >= 0.3 is 0 Å². The number of nitrogens with two attached hydrogens (primary N) is 1. The molecule has 1 saturated carbocycles. The number of carbonyl (C=O) groups is 1. The van der Waals surface area contributed by atoms with Gasteiger partial charge in [0.25, 0.3) is 5.91 Å². The number of nitrogens with one attached hydrogen (secondary N) is 1. The lowest BCUT2D eigenvalue weighted by molar-refractivity contribution is 0.0920. The molecule has 4 heteroatoms. The first kappa shape index (κ1) is 13.8. The summed E-state index contributed by atoms with van der Waals surface area (Å²) in [6.07, 6.45) is 6.05. The summed E-state index contributed by atoms with van der Waals surface area (Å²) in [5, 5.41) is 2.95. The number of nitrogen functional groups attached to an aromatic ring is 1. The van der Waals surface area contributed by atoms with Crippen LogP contribution in [0.1, 0.15) is 49.4 Å². The van der Waals surface area contributed by atoms with Gasteiger partial charge in [0.1, 0.15) is 5.82 Å². The van der Waals surface area contributed by atoms with Gasteiger partial charge in [-0.2, -0.15) is 0 Å². The van der Waals surface area contributed by atoms with E-state index >= 15 is 0 Å². The number of rotatable bonds is 3. The van der Waals surface area contributed by atoms with E-state index < -0.39 is 5.82 Å². The zero-order valence-corrected chi connectivity index (χ0v) is 11.3. The third-order valence-electron chi connectivity index (χ3n) is 3.98. The molecule has 0 aliphatic heterocycles. The topological polar surface area (TPSA) is 55.1 Å². The lowest BCUT2D eigenvalue weighted by atomic mass is 9.84. The SMILES string of the molecule is CC(NC(=O)c1cc(F)ccc1N)C1CCCCC1. The molecule has 0 saturated heterocycles. The van der Waals surface area contributed by atoms with Gasteiger partial charge in [0, 0.05) is 11.7 Å². The van der Waals surface area contributed by atoms with Crippen molar-refractivity contribution in [1.82, 2.24) is 5.32 Å². The van der Waals surface area contributed by atoms with Crippen LogP contribution in [0, 0.1) is 11.7 Å². The number of anilines is 1. The molecule has 2 rings (SSSR count). The first-order valence-electron chi connectivity index (χ1n) is 6.94. The fourth-order valence-corrected chi connectivity index (χ4v) is 2.76.